The molecule has 0 bridgehead atoms. The van der Waals surface area contributed by atoms with E-state index in [2.05, 4.69) is 19.8 Å². The number of hydrogen-bond donors (Lipinski definition) is 0. The van der Waals surface area contributed by atoms with E-state index in [9.17, 15) is 18.4 Å². The summed E-state index contributed by atoms with van der Waals surface area (Å²) < 4.78 is 35.8. The Morgan fingerprint density at radius 1 is 1.50 bits per heavy atom. The SMILES string of the molecule is CCOC(=O)C(F)(F)Cn1cc(C(=O)OC)nn1. The normalized spacial score (nSPS) is 11.1. The van der Waals surface area contributed by atoms with Crippen LogP contribution in [-0.4, -0.2) is 46.6 Å². The average Bonchev–Trinajstić information content (AvgIpc) is 2.76. The first kappa shape index (κ1) is 14.0. The number of ether oxygens (including phenoxy) is 2. The van der Waals surface area contributed by atoms with E-state index in [4.69, 9.17) is 0 Å². The van der Waals surface area contributed by atoms with E-state index in [-0.39, 0.29) is 12.3 Å². The van der Waals surface area contributed by atoms with Crippen LogP contribution in [0.5, 0.6) is 0 Å². The molecule has 18 heavy (non-hydrogen) atoms. The minimum Gasteiger partial charge on any atom is -0.464 e. The lowest BCUT2D eigenvalue weighted by molar-refractivity contribution is -0.173. The zero-order valence-corrected chi connectivity index (χ0v) is 9.72. The first-order valence-corrected chi connectivity index (χ1v) is 4.94. The van der Waals surface area contributed by atoms with Crippen molar-refractivity contribution < 1.29 is 27.8 Å². The van der Waals surface area contributed by atoms with Crippen LogP contribution < -0.4 is 0 Å². The molecule has 0 aliphatic heterocycles. The molecule has 0 aliphatic rings. The highest BCUT2D eigenvalue weighted by atomic mass is 19.3. The molecule has 0 fully saturated rings. The Hall–Kier alpha value is -2.06. The molecule has 0 saturated heterocycles. The van der Waals surface area contributed by atoms with Crippen molar-refractivity contribution in [1.29, 1.82) is 0 Å². The van der Waals surface area contributed by atoms with Gasteiger partial charge in [0, 0.05) is 0 Å². The molecule has 9 heteroatoms. The minimum atomic E-state index is -3.74. The number of carbonyl (C=O) groups excluding carboxylic acids is 2. The molecule has 1 rings (SSSR count). The zero-order chi connectivity index (χ0) is 13.8. The van der Waals surface area contributed by atoms with Crippen molar-refractivity contribution in [2.45, 2.75) is 19.4 Å². The number of nitrogens with zero attached hydrogens (tertiary/aromatic N) is 3. The molecule has 1 aromatic heterocycles. The van der Waals surface area contributed by atoms with E-state index in [1.807, 2.05) is 0 Å². The maximum Gasteiger partial charge on any atom is 0.379 e. The van der Waals surface area contributed by atoms with Crippen molar-refractivity contribution >= 4 is 11.9 Å². The molecular formula is C9H11F2N3O4. The predicted molar refractivity (Wildman–Crippen MR) is 52.9 cm³/mol. The standard InChI is InChI=1S/C9H11F2N3O4/c1-3-18-8(16)9(10,11)5-14-4-6(12-13-14)7(15)17-2/h4H,3,5H2,1-2H3. The third-order valence-electron chi connectivity index (χ3n) is 1.87. The maximum atomic E-state index is 13.3. The van der Waals surface area contributed by atoms with Gasteiger partial charge < -0.3 is 9.47 Å². The Kier molecular flexibility index (Phi) is 4.29. The molecule has 0 aromatic carbocycles. The summed E-state index contributed by atoms with van der Waals surface area (Å²) in [7, 11) is 1.12. The highest BCUT2D eigenvalue weighted by Crippen LogP contribution is 2.18. The number of alkyl halides is 2. The quantitative estimate of drug-likeness (QED) is 0.709. The molecule has 1 aromatic rings. The van der Waals surface area contributed by atoms with Gasteiger partial charge in [0.15, 0.2) is 5.69 Å². The molecule has 0 aliphatic carbocycles. The van der Waals surface area contributed by atoms with Gasteiger partial charge in [0.25, 0.3) is 0 Å². The zero-order valence-electron chi connectivity index (χ0n) is 9.72. The Morgan fingerprint density at radius 2 is 2.17 bits per heavy atom. The number of methoxy groups -OCH3 is 1. The molecule has 0 atom stereocenters. The topological polar surface area (TPSA) is 83.3 Å². The van der Waals surface area contributed by atoms with Gasteiger partial charge in [0.2, 0.25) is 0 Å². The van der Waals surface area contributed by atoms with E-state index in [1.165, 1.54) is 6.92 Å². The number of hydrogen-bond acceptors (Lipinski definition) is 6. The lowest BCUT2D eigenvalue weighted by Gasteiger charge is -2.13. The Labute approximate surface area is 101 Å². The smallest absolute Gasteiger partial charge is 0.379 e. The van der Waals surface area contributed by atoms with E-state index in [0.717, 1.165) is 13.3 Å². The first-order valence-electron chi connectivity index (χ1n) is 4.94. The summed E-state index contributed by atoms with van der Waals surface area (Å²) in [5.74, 6) is -6.20. The Morgan fingerprint density at radius 3 is 2.72 bits per heavy atom. The summed E-state index contributed by atoms with van der Waals surface area (Å²) in [6, 6.07) is 0. The molecule has 1 heterocycles. The second kappa shape index (κ2) is 5.52. The van der Waals surface area contributed by atoms with Crippen LogP contribution in [0.2, 0.25) is 0 Å². The van der Waals surface area contributed by atoms with Gasteiger partial charge in [-0.15, -0.1) is 5.10 Å². The van der Waals surface area contributed by atoms with Gasteiger partial charge in [-0.2, -0.15) is 8.78 Å². The number of aromatic nitrogens is 3. The molecular weight excluding hydrogens is 252 g/mol. The average molecular weight is 263 g/mol. The monoisotopic (exact) mass is 263 g/mol. The summed E-state index contributed by atoms with van der Waals surface area (Å²) in [6.45, 7) is 0.202. The first-order chi connectivity index (χ1) is 8.40. The van der Waals surface area contributed by atoms with Gasteiger partial charge in [-0.05, 0) is 6.92 Å². The van der Waals surface area contributed by atoms with E-state index < -0.39 is 24.4 Å². The second-order valence-corrected chi connectivity index (χ2v) is 3.22. The fraction of sp³-hybridized carbons (Fsp3) is 0.556. The van der Waals surface area contributed by atoms with Crippen LogP contribution >= 0.6 is 0 Å². The van der Waals surface area contributed by atoms with E-state index in [0.29, 0.717) is 4.68 Å². The van der Waals surface area contributed by atoms with Crippen molar-refractivity contribution in [3.63, 3.8) is 0 Å². The molecule has 7 nitrogen and oxygen atoms in total. The van der Waals surface area contributed by atoms with Crippen LogP contribution in [-0.2, 0) is 20.8 Å². The fourth-order valence-corrected chi connectivity index (χ4v) is 1.08. The van der Waals surface area contributed by atoms with Crippen molar-refractivity contribution in [3.05, 3.63) is 11.9 Å². The van der Waals surface area contributed by atoms with Crippen LogP contribution in [0, 0.1) is 0 Å². The fourth-order valence-electron chi connectivity index (χ4n) is 1.08. The largest absolute Gasteiger partial charge is 0.464 e. The van der Waals surface area contributed by atoms with Gasteiger partial charge in [-0.3, -0.25) is 0 Å². The minimum absolute atomic E-state index is 0.154. The summed E-state index contributed by atoms with van der Waals surface area (Å²) >= 11 is 0. The van der Waals surface area contributed by atoms with Crippen molar-refractivity contribution in [2.75, 3.05) is 13.7 Å². The van der Waals surface area contributed by atoms with Crippen molar-refractivity contribution in [2.24, 2.45) is 0 Å². The molecule has 100 valence electrons. The van der Waals surface area contributed by atoms with Gasteiger partial charge in [0.05, 0.1) is 19.9 Å². The van der Waals surface area contributed by atoms with E-state index in [1.54, 1.807) is 0 Å². The van der Waals surface area contributed by atoms with Crippen LogP contribution in [0.25, 0.3) is 0 Å². The lowest BCUT2D eigenvalue weighted by Crippen LogP contribution is -2.35. The van der Waals surface area contributed by atoms with Crippen LogP contribution in [0.3, 0.4) is 0 Å². The number of rotatable bonds is 5. The van der Waals surface area contributed by atoms with E-state index >= 15 is 0 Å². The van der Waals surface area contributed by atoms with Gasteiger partial charge in [-0.1, -0.05) is 5.21 Å². The summed E-state index contributed by atoms with van der Waals surface area (Å²) in [5.41, 5.74) is -0.225. The Balaban J connectivity index is 2.75. The van der Waals surface area contributed by atoms with Crippen LogP contribution in [0.15, 0.2) is 6.20 Å². The number of carbonyl (C=O) groups is 2. The molecule has 0 spiro atoms. The van der Waals surface area contributed by atoms with Gasteiger partial charge in [0.1, 0.15) is 6.54 Å². The maximum absolute atomic E-state index is 13.3. The van der Waals surface area contributed by atoms with Crippen LogP contribution in [0.4, 0.5) is 8.78 Å². The molecule has 0 N–H and O–H groups in total. The molecule has 0 saturated carbocycles. The molecule has 0 unspecified atom stereocenters. The summed E-state index contributed by atoms with van der Waals surface area (Å²) in [4.78, 5) is 22.0. The highest BCUT2D eigenvalue weighted by Gasteiger charge is 2.41. The van der Waals surface area contributed by atoms with Gasteiger partial charge in [-0.25, -0.2) is 14.3 Å². The lowest BCUT2D eigenvalue weighted by atomic mass is 10.3. The summed E-state index contributed by atoms with van der Waals surface area (Å²) in [5, 5.41) is 6.62. The summed E-state index contributed by atoms with van der Waals surface area (Å²) in [6.07, 6.45) is 0.957. The number of halogens is 2. The second-order valence-electron chi connectivity index (χ2n) is 3.22. The van der Waals surface area contributed by atoms with Crippen molar-refractivity contribution in [1.82, 2.24) is 15.0 Å². The molecule has 0 radical (unpaired) electrons. The highest BCUT2D eigenvalue weighted by molar-refractivity contribution is 5.86. The predicted octanol–water partition coefficient (Wildman–Crippen LogP) is 0.263. The Bertz CT molecular complexity index is 447. The van der Waals surface area contributed by atoms with Gasteiger partial charge >= 0.3 is 17.9 Å². The van der Waals surface area contributed by atoms with Crippen LogP contribution in [0.1, 0.15) is 17.4 Å². The molecule has 0 amide bonds. The number of esters is 2. The third-order valence-corrected chi connectivity index (χ3v) is 1.87. The third kappa shape index (κ3) is 3.22. The van der Waals surface area contributed by atoms with Crippen molar-refractivity contribution in [3.8, 4) is 0 Å².